The number of hydrogen-bond acceptors (Lipinski definition) is 3. The number of rotatable bonds is 5. The number of halogens is 1. The van der Waals surface area contributed by atoms with Gasteiger partial charge in [0.1, 0.15) is 5.82 Å². The summed E-state index contributed by atoms with van der Waals surface area (Å²) in [6.45, 7) is 0. The van der Waals surface area contributed by atoms with Crippen LogP contribution in [-0.2, 0) is 5.75 Å². The maximum atomic E-state index is 14.1. The third kappa shape index (κ3) is 3.62. The van der Waals surface area contributed by atoms with E-state index in [0.717, 1.165) is 11.7 Å². The average Bonchev–Trinajstić information content (AvgIpc) is 2.93. The van der Waals surface area contributed by atoms with E-state index in [2.05, 4.69) is 5.16 Å². The molecule has 1 aromatic rings. The van der Waals surface area contributed by atoms with E-state index in [-0.39, 0.29) is 17.2 Å². The molecular formula is C14H19FN2OS. The fourth-order valence-electron chi connectivity index (χ4n) is 2.46. The van der Waals surface area contributed by atoms with Crippen molar-refractivity contribution in [3.8, 4) is 0 Å². The minimum atomic E-state index is -0.378. The second-order valence-corrected chi connectivity index (χ2v) is 5.96. The average molecular weight is 282 g/mol. The topological polar surface area (TPSA) is 58.6 Å². The Morgan fingerprint density at radius 2 is 2.16 bits per heavy atom. The third-order valence-electron chi connectivity index (χ3n) is 3.55. The highest BCUT2D eigenvalue weighted by atomic mass is 32.2. The summed E-state index contributed by atoms with van der Waals surface area (Å²) in [4.78, 5) is 0. The van der Waals surface area contributed by atoms with Gasteiger partial charge in [-0.15, -0.1) is 0 Å². The van der Waals surface area contributed by atoms with Crippen molar-refractivity contribution in [2.45, 2.75) is 31.4 Å². The molecule has 0 radical (unpaired) electrons. The monoisotopic (exact) mass is 282 g/mol. The first-order chi connectivity index (χ1) is 9.22. The molecule has 1 saturated carbocycles. The van der Waals surface area contributed by atoms with E-state index < -0.39 is 0 Å². The lowest BCUT2D eigenvalue weighted by atomic mass is 10.1. The molecule has 0 saturated heterocycles. The van der Waals surface area contributed by atoms with E-state index in [1.54, 1.807) is 23.9 Å². The highest BCUT2D eigenvalue weighted by Crippen LogP contribution is 2.29. The molecule has 1 aliphatic carbocycles. The van der Waals surface area contributed by atoms with Crippen LogP contribution < -0.4 is 5.73 Å². The zero-order valence-electron chi connectivity index (χ0n) is 10.8. The summed E-state index contributed by atoms with van der Waals surface area (Å²) < 4.78 is 14.1. The Balaban J connectivity index is 1.96. The zero-order chi connectivity index (χ0) is 13.7. The van der Waals surface area contributed by atoms with Gasteiger partial charge in [-0.3, -0.25) is 0 Å². The number of hydrogen-bond donors (Lipinski definition) is 2. The van der Waals surface area contributed by atoms with Crippen LogP contribution in [0, 0.1) is 11.7 Å². The van der Waals surface area contributed by atoms with Crippen molar-refractivity contribution in [3.63, 3.8) is 0 Å². The van der Waals surface area contributed by atoms with Crippen LogP contribution in [0.15, 0.2) is 23.4 Å². The summed E-state index contributed by atoms with van der Waals surface area (Å²) >= 11 is 1.76. The molecule has 3 N–H and O–H groups in total. The van der Waals surface area contributed by atoms with Crippen LogP contribution in [0.25, 0.3) is 0 Å². The summed E-state index contributed by atoms with van der Waals surface area (Å²) in [7, 11) is 0. The first kappa shape index (κ1) is 14.2. The summed E-state index contributed by atoms with van der Waals surface area (Å²) in [5.41, 5.74) is 6.23. The van der Waals surface area contributed by atoms with Gasteiger partial charge in [-0.1, -0.05) is 30.1 Å². The maximum Gasteiger partial charge on any atom is 0.173 e. The predicted molar refractivity (Wildman–Crippen MR) is 77.0 cm³/mol. The Labute approximate surface area is 117 Å². The fourth-order valence-corrected chi connectivity index (χ4v) is 3.68. The number of thioether (sulfide) groups is 1. The molecule has 1 aromatic carbocycles. The van der Waals surface area contributed by atoms with Gasteiger partial charge in [-0.25, -0.2) is 4.39 Å². The Bertz CT molecular complexity index is 459. The van der Waals surface area contributed by atoms with Gasteiger partial charge in [0, 0.05) is 5.75 Å². The van der Waals surface area contributed by atoms with Crippen molar-refractivity contribution >= 4 is 17.6 Å². The van der Waals surface area contributed by atoms with Gasteiger partial charge in [0.2, 0.25) is 0 Å². The maximum absolute atomic E-state index is 14.1. The molecule has 19 heavy (non-hydrogen) atoms. The molecule has 0 aromatic heterocycles. The molecule has 0 atom stereocenters. The first-order valence-corrected chi connectivity index (χ1v) is 7.71. The Hall–Kier alpha value is -1.23. The lowest BCUT2D eigenvalue weighted by Crippen LogP contribution is -2.15. The molecule has 0 spiro atoms. The number of amidine groups is 1. The van der Waals surface area contributed by atoms with Crippen LogP contribution in [-0.4, -0.2) is 16.8 Å². The number of oxime groups is 1. The number of benzene rings is 1. The van der Waals surface area contributed by atoms with Gasteiger partial charge in [0.25, 0.3) is 0 Å². The van der Waals surface area contributed by atoms with Crippen molar-refractivity contribution in [1.82, 2.24) is 0 Å². The minimum Gasteiger partial charge on any atom is -0.409 e. The lowest BCUT2D eigenvalue weighted by molar-refractivity contribution is 0.318. The summed E-state index contributed by atoms with van der Waals surface area (Å²) in [6, 6.07) is 5.02. The van der Waals surface area contributed by atoms with E-state index in [4.69, 9.17) is 10.9 Å². The smallest absolute Gasteiger partial charge is 0.173 e. The number of nitrogens with two attached hydrogens (primary N) is 1. The van der Waals surface area contributed by atoms with Crippen molar-refractivity contribution < 1.29 is 9.60 Å². The second kappa shape index (κ2) is 6.80. The summed E-state index contributed by atoms with van der Waals surface area (Å²) in [5, 5.41) is 11.5. The molecule has 0 aliphatic heterocycles. The van der Waals surface area contributed by atoms with Gasteiger partial charge in [-0.05, 0) is 36.1 Å². The molecule has 0 unspecified atom stereocenters. The molecule has 104 valence electrons. The fraction of sp³-hybridized carbons (Fsp3) is 0.500. The molecule has 5 heteroatoms. The van der Waals surface area contributed by atoms with Crippen LogP contribution in [0.2, 0.25) is 0 Å². The molecule has 0 heterocycles. The van der Waals surface area contributed by atoms with E-state index in [1.807, 2.05) is 0 Å². The van der Waals surface area contributed by atoms with Crippen LogP contribution in [0.5, 0.6) is 0 Å². The van der Waals surface area contributed by atoms with Crippen molar-refractivity contribution in [2.75, 3.05) is 5.75 Å². The molecule has 1 fully saturated rings. The van der Waals surface area contributed by atoms with E-state index >= 15 is 0 Å². The largest absolute Gasteiger partial charge is 0.409 e. The lowest BCUT2D eigenvalue weighted by Gasteiger charge is -2.10. The van der Waals surface area contributed by atoms with Crippen molar-refractivity contribution in [2.24, 2.45) is 16.8 Å². The first-order valence-electron chi connectivity index (χ1n) is 6.55. The molecule has 3 nitrogen and oxygen atoms in total. The SMILES string of the molecule is N/C(=N/O)c1cccc(CSCC2CCCC2)c1F. The van der Waals surface area contributed by atoms with Crippen molar-refractivity contribution in [3.05, 3.63) is 35.1 Å². The van der Waals surface area contributed by atoms with Crippen molar-refractivity contribution in [1.29, 1.82) is 0 Å². The van der Waals surface area contributed by atoms with Crippen LogP contribution in [0.1, 0.15) is 36.8 Å². The third-order valence-corrected chi connectivity index (χ3v) is 4.77. The number of nitrogens with zero attached hydrogens (tertiary/aromatic N) is 1. The van der Waals surface area contributed by atoms with Crippen LogP contribution in [0.3, 0.4) is 0 Å². The molecule has 2 rings (SSSR count). The predicted octanol–water partition coefficient (Wildman–Crippen LogP) is 3.34. The van der Waals surface area contributed by atoms with E-state index in [1.165, 1.54) is 31.7 Å². The Morgan fingerprint density at radius 3 is 2.84 bits per heavy atom. The van der Waals surface area contributed by atoms with E-state index in [9.17, 15) is 4.39 Å². The minimum absolute atomic E-state index is 0.168. The zero-order valence-corrected chi connectivity index (χ0v) is 11.6. The summed E-state index contributed by atoms with van der Waals surface area (Å²) in [6.07, 6.45) is 5.27. The van der Waals surface area contributed by atoms with Gasteiger partial charge in [0.05, 0.1) is 5.56 Å². The molecule has 0 bridgehead atoms. The van der Waals surface area contributed by atoms with Gasteiger partial charge in [-0.2, -0.15) is 11.8 Å². The highest BCUT2D eigenvalue weighted by molar-refractivity contribution is 7.98. The van der Waals surface area contributed by atoms with Gasteiger partial charge >= 0.3 is 0 Å². The van der Waals surface area contributed by atoms with Crippen LogP contribution >= 0.6 is 11.8 Å². The second-order valence-electron chi connectivity index (χ2n) is 4.93. The normalized spacial score (nSPS) is 17.0. The van der Waals surface area contributed by atoms with E-state index in [0.29, 0.717) is 11.3 Å². The Morgan fingerprint density at radius 1 is 1.42 bits per heavy atom. The molecular weight excluding hydrogens is 263 g/mol. The van der Waals surface area contributed by atoms with Gasteiger partial charge in [0.15, 0.2) is 5.84 Å². The standard InChI is InChI=1S/C14H19FN2OS/c15-13-11(6-3-7-12(13)14(16)17-18)9-19-8-10-4-1-2-5-10/h3,6-7,10,18H,1-2,4-5,8-9H2,(H2,16,17). The quantitative estimate of drug-likeness (QED) is 0.377. The van der Waals surface area contributed by atoms with Gasteiger partial charge < -0.3 is 10.9 Å². The molecule has 0 amide bonds. The Kier molecular flexibility index (Phi) is 5.07. The summed E-state index contributed by atoms with van der Waals surface area (Å²) in [5.74, 6) is 1.96. The van der Waals surface area contributed by atoms with Crippen LogP contribution in [0.4, 0.5) is 4.39 Å². The molecule has 1 aliphatic rings. The highest BCUT2D eigenvalue weighted by Gasteiger charge is 2.16.